The van der Waals surface area contributed by atoms with Gasteiger partial charge in [-0.2, -0.15) is 5.11 Å². The molecule has 5 rings (SSSR count). The molecule has 0 aliphatic carbocycles. The maximum atomic E-state index is 11.2. The van der Waals surface area contributed by atoms with Crippen molar-refractivity contribution in [2.45, 2.75) is 11.7 Å². The molecule has 2 aliphatic heterocycles. The highest BCUT2D eigenvalue weighted by Gasteiger charge is 2.55. The molecule has 1 fully saturated rings. The number of morpholine rings is 1. The summed E-state index contributed by atoms with van der Waals surface area (Å²) in [5.41, 5.74) is 2.16. The van der Waals surface area contributed by atoms with E-state index >= 15 is 0 Å². The molecule has 8 heteroatoms. The zero-order valence-electron chi connectivity index (χ0n) is 17.4. The van der Waals surface area contributed by atoms with Crippen LogP contribution in [-0.4, -0.2) is 36.1 Å². The van der Waals surface area contributed by atoms with Crippen molar-refractivity contribution < 1.29 is 9.66 Å². The molecular weight excluding hydrogens is 406 g/mol. The van der Waals surface area contributed by atoms with E-state index in [9.17, 15) is 10.1 Å². The van der Waals surface area contributed by atoms with Gasteiger partial charge in [-0.3, -0.25) is 15.0 Å². The Labute approximate surface area is 185 Å². The Balaban J connectivity index is 1.71. The van der Waals surface area contributed by atoms with Crippen molar-refractivity contribution in [1.29, 1.82) is 0 Å². The Bertz CT molecular complexity index is 1100. The van der Waals surface area contributed by atoms with E-state index < -0.39 is 10.6 Å². The molecule has 3 aromatic carbocycles. The molecule has 3 aromatic rings. The van der Waals surface area contributed by atoms with Gasteiger partial charge in [0.05, 0.1) is 23.8 Å². The van der Waals surface area contributed by atoms with E-state index in [4.69, 9.17) is 9.85 Å². The van der Waals surface area contributed by atoms with Crippen molar-refractivity contribution in [1.82, 2.24) is 4.90 Å². The molecule has 0 bridgehead atoms. The van der Waals surface area contributed by atoms with Gasteiger partial charge < -0.3 is 4.74 Å². The van der Waals surface area contributed by atoms with Crippen LogP contribution >= 0.6 is 0 Å². The number of hydrogen-bond acceptors (Lipinski definition) is 7. The standard InChI is InChI=1S/C24H23N5O3/c30-29(31)22-13-11-21(12-14-22)28-24(20-9-5-2-6-10-20,27-15-17-32-18-16-27)23(25-26-28)19-7-3-1-4-8-19/h1-14,23H,15-18H2/t23-,24+/m1/s1. The molecule has 2 aliphatic rings. The summed E-state index contributed by atoms with van der Waals surface area (Å²) in [5, 5.41) is 22.5. The van der Waals surface area contributed by atoms with Crippen LogP contribution in [0.25, 0.3) is 0 Å². The molecule has 0 amide bonds. The van der Waals surface area contributed by atoms with Crippen molar-refractivity contribution in [3.63, 3.8) is 0 Å². The summed E-state index contributed by atoms with van der Waals surface area (Å²) in [5.74, 6) is 0. The van der Waals surface area contributed by atoms with Gasteiger partial charge in [-0.25, -0.2) is 5.01 Å². The van der Waals surface area contributed by atoms with Gasteiger partial charge in [0.15, 0.2) is 5.66 Å². The van der Waals surface area contributed by atoms with Crippen LogP contribution in [-0.2, 0) is 10.4 Å². The lowest BCUT2D eigenvalue weighted by atomic mass is 9.84. The average molecular weight is 429 g/mol. The third kappa shape index (κ3) is 3.34. The molecule has 2 atom stereocenters. The molecule has 1 saturated heterocycles. The Morgan fingerprint density at radius 2 is 1.53 bits per heavy atom. The van der Waals surface area contributed by atoms with Crippen LogP contribution in [0.5, 0.6) is 0 Å². The number of benzene rings is 3. The highest BCUT2D eigenvalue weighted by molar-refractivity contribution is 5.56. The number of ether oxygens (including phenoxy) is 1. The van der Waals surface area contributed by atoms with Crippen LogP contribution in [0, 0.1) is 10.1 Å². The lowest BCUT2D eigenvalue weighted by molar-refractivity contribution is -0.384. The first-order valence-electron chi connectivity index (χ1n) is 10.6. The number of nitrogens with zero attached hydrogens (tertiary/aromatic N) is 5. The maximum Gasteiger partial charge on any atom is 0.269 e. The first-order valence-corrected chi connectivity index (χ1v) is 10.6. The largest absolute Gasteiger partial charge is 0.379 e. The van der Waals surface area contributed by atoms with Gasteiger partial charge in [-0.1, -0.05) is 65.9 Å². The number of hydrogen-bond donors (Lipinski definition) is 0. The van der Waals surface area contributed by atoms with Gasteiger partial charge in [0, 0.05) is 25.2 Å². The number of non-ortho nitro benzene ring substituents is 1. The lowest BCUT2D eigenvalue weighted by Crippen LogP contribution is -2.60. The van der Waals surface area contributed by atoms with Gasteiger partial charge in [-0.15, -0.1) is 0 Å². The molecular formula is C24H23N5O3. The van der Waals surface area contributed by atoms with Crippen molar-refractivity contribution in [3.8, 4) is 0 Å². The fraction of sp³-hybridized carbons (Fsp3) is 0.250. The molecule has 162 valence electrons. The summed E-state index contributed by atoms with van der Waals surface area (Å²) < 4.78 is 5.67. The number of rotatable bonds is 5. The zero-order chi connectivity index (χ0) is 22.0. The van der Waals surface area contributed by atoms with E-state index in [2.05, 4.69) is 34.4 Å². The summed E-state index contributed by atoms with van der Waals surface area (Å²) in [6, 6.07) is 26.6. The van der Waals surface area contributed by atoms with Gasteiger partial charge in [0.25, 0.3) is 5.69 Å². The first kappa shape index (κ1) is 20.3. The predicted molar refractivity (Wildman–Crippen MR) is 120 cm³/mol. The zero-order valence-corrected chi connectivity index (χ0v) is 17.4. The summed E-state index contributed by atoms with van der Waals surface area (Å²) >= 11 is 0. The summed E-state index contributed by atoms with van der Waals surface area (Å²) in [4.78, 5) is 13.2. The van der Waals surface area contributed by atoms with Crippen molar-refractivity contribution in [2.75, 3.05) is 31.3 Å². The SMILES string of the molecule is O=[N+]([O-])c1ccc(N2N=N[C@H](c3ccccc3)[C@@]2(c2ccccc2)N2CCOCC2)cc1. The average Bonchev–Trinajstić information content (AvgIpc) is 3.27. The van der Waals surface area contributed by atoms with E-state index in [1.165, 1.54) is 12.1 Å². The van der Waals surface area contributed by atoms with Crippen LogP contribution in [0.2, 0.25) is 0 Å². The van der Waals surface area contributed by atoms with Crippen LogP contribution in [0.3, 0.4) is 0 Å². The van der Waals surface area contributed by atoms with E-state index in [0.29, 0.717) is 26.3 Å². The van der Waals surface area contributed by atoms with Crippen LogP contribution < -0.4 is 5.01 Å². The molecule has 0 unspecified atom stereocenters. The van der Waals surface area contributed by atoms with Gasteiger partial charge in [0.2, 0.25) is 0 Å². The second-order valence-electron chi connectivity index (χ2n) is 7.80. The Morgan fingerprint density at radius 3 is 2.16 bits per heavy atom. The number of anilines is 1. The van der Waals surface area contributed by atoms with Crippen LogP contribution in [0.1, 0.15) is 17.2 Å². The molecule has 0 aromatic heterocycles. The fourth-order valence-electron chi connectivity index (χ4n) is 4.62. The van der Waals surface area contributed by atoms with E-state index in [1.54, 1.807) is 12.1 Å². The predicted octanol–water partition coefficient (Wildman–Crippen LogP) is 4.71. The minimum Gasteiger partial charge on any atom is -0.379 e. The summed E-state index contributed by atoms with van der Waals surface area (Å²) in [6.07, 6.45) is 0. The molecule has 8 nitrogen and oxygen atoms in total. The van der Waals surface area contributed by atoms with Crippen LogP contribution in [0.15, 0.2) is 95.3 Å². The lowest BCUT2D eigenvalue weighted by Gasteiger charge is -2.49. The minimum atomic E-state index is -0.734. The molecule has 0 spiro atoms. The van der Waals surface area contributed by atoms with Crippen molar-refractivity contribution in [2.24, 2.45) is 10.3 Å². The van der Waals surface area contributed by atoms with Gasteiger partial charge in [-0.05, 0) is 23.3 Å². The smallest absolute Gasteiger partial charge is 0.269 e. The van der Waals surface area contributed by atoms with Crippen molar-refractivity contribution in [3.05, 3.63) is 106 Å². The Kier molecular flexibility index (Phi) is 5.38. The van der Waals surface area contributed by atoms with Gasteiger partial charge >= 0.3 is 0 Å². The molecule has 2 heterocycles. The van der Waals surface area contributed by atoms with Crippen LogP contribution in [0.4, 0.5) is 11.4 Å². The Morgan fingerprint density at radius 1 is 0.906 bits per heavy atom. The number of nitro groups is 1. The molecule has 32 heavy (non-hydrogen) atoms. The summed E-state index contributed by atoms with van der Waals surface area (Å²) in [7, 11) is 0. The third-order valence-corrected chi connectivity index (χ3v) is 6.07. The van der Waals surface area contributed by atoms with E-state index in [-0.39, 0.29) is 11.7 Å². The quantitative estimate of drug-likeness (QED) is 0.433. The van der Waals surface area contributed by atoms with Crippen molar-refractivity contribution >= 4 is 11.4 Å². The molecule has 0 radical (unpaired) electrons. The first-order chi connectivity index (χ1) is 15.7. The normalized spacial score (nSPS) is 23.4. The highest BCUT2D eigenvalue weighted by Crippen LogP contribution is 2.52. The van der Waals surface area contributed by atoms with E-state index in [0.717, 1.165) is 16.8 Å². The Hall–Kier alpha value is -3.62. The fourth-order valence-corrected chi connectivity index (χ4v) is 4.62. The third-order valence-electron chi connectivity index (χ3n) is 6.07. The molecule has 0 saturated carbocycles. The second kappa shape index (κ2) is 8.49. The monoisotopic (exact) mass is 429 g/mol. The molecule has 0 N–H and O–H groups in total. The number of nitro benzene ring substituents is 1. The maximum absolute atomic E-state index is 11.2. The summed E-state index contributed by atoms with van der Waals surface area (Å²) in [6.45, 7) is 2.66. The second-order valence-corrected chi connectivity index (χ2v) is 7.80. The topological polar surface area (TPSA) is 83.6 Å². The minimum absolute atomic E-state index is 0.0428. The van der Waals surface area contributed by atoms with Gasteiger partial charge in [0.1, 0.15) is 6.04 Å². The highest BCUT2D eigenvalue weighted by atomic mass is 16.6. The van der Waals surface area contributed by atoms with E-state index in [1.807, 2.05) is 41.4 Å².